The van der Waals surface area contributed by atoms with Crippen molar-refractivity contribution in [1.29, 1.82) is 0 Å². The highest BCUT2D eigenvalue weighted by Gasteiger charge is 2.17. The van der Waals surface area contributed by atoms with Crippen LogP contribution in [0.15, 0.2) is 211 Å². The van der Waals surface area contributed by atoms with Crippen molar-refractivity contribution >= 4 is 49.7 Å². The van der Waals surface area contributed by atoms with Crippen molar-refractivity contribution in [2.75, 3.05) is 4.90 Å². The topological polar surface area (TPSA) is 29.3 Å². The number of fused-ring (bicyclic) bond motifs is 3. The molecule has 3 heteroatoms. The first kappa shape index (κ1) is 31.5. The molecule has 0 aliphatic heterocycles. The molecule has 0 aliphatic rings. The maximum atomic E-state index is 6.52. The molecule has 0 amide bonds. The van der Waals surface area contributed by atoms with Gasteiger partial charge in [-0.3, -0.25) is 0 Å². The van der Waals surface area contributed by atoms with Gasteiger partial charge in [0.05, 0.1) is 0 Å². The molecule has 1 heterocycles. The van der Waals surface area contributed by atoms with Gasteiger partial charge in [0.2, 0.25) is 5.89 Å². The van der Waals surface area contributed by atoms with Crippen LogP contribution < -0.4 is 4.90 Å². The van der Waals surface area contributed by atoms with Gasteiger partial charge in [0, 0.05) is 28.2 Å². The number of hydrogen-bond acceptors (Lipinski definition) is 3. The van der Waals surface area contributed by atoms with Gasteiger partial charge in [0.15, 0.2) is 5.58 Å². The number of aromatic nitrogens is 1. The van der Waals surface area contributed by atoms with E-state index in [1.54, 1.807) is 0 Å². The van der Waals surface area contributed by atoms with Crippen LogP contribution in [0.25, 0.3) is 77.5 Å². The summed E-state index contributed by atoms with van der Waals surface area (Å²) in [5.74, 6) is 0.621. The highest BCUT2D eigenvalue weighted by molar-refractivity contribution is 5.98. The van der Waals surface area contributed by atoms with Gasteiger partial charge >= 0.3 is 0 Å². The summed E-state index contributed by atoms with van der Waals surface area (Å²) in [6, 6.07) is 73.0. The first-order chi connectivity index (χ1) is 26.7. The van der Waals surface area contributed by atoms with Crippen LogP contribution in [-0.4, -0.2) is 4.98 Å². The first-order valence-corrected chi connectivity index (χ1v) is 18.3. The fraction of sp³-hybridized carbons (Fsp3) is 0. The summed E-state index contributed by atoms with van der Waals surface area (Å²) in [4.78, 5) is 7.26. The fourth-order valence-corrected chi connectivity index (χ4v) is 7.60. The summed E-state index contributed by atoms with van der Waals surface area (Å²) >= 11 is 0. The van der Waals surface area contributed by atoms with Crippen molar-refractivity contribution in [3.8, 4) is 44.8 Å². The second kappa shape index (κ2) is 13.4. The lowest BCUT2D eigenvalue weighted by Crippen LogP contribution is -2.10. The molecule has 10 rings (SSSR count). The van der Waals surface area contributed by atoms with E-state index in [1.165, 1.54) is 38.4 Å². The lowest BCUT2D eigenvalue weighted by atomic mass is 9.97. The predicted octanol–water partition coefficient (Wildman–Crippen LogP) is 14.3. The smallest absolute Gasteiger partial charge is 0.227 e. The van der Waals surface area contributed by atoms with Crippen LogP contribution in [0.1, 0.15) is 0 Å². The van der Waals surface area contributed by atoms with Gasteiger partial charge in [0.1, 0.15) is 5.52 Å². The Morgan fingerprint density at radius 1 is 0.352 bits per heavy atom. The van der Waals surface area contributed by atoms with Gasteiger partial charge in [-0.2, -0.15) is 0 Å². The van der Waals surface area contributed by atoms with Crippen molar-refractivity contribution in [1.82, 2.24) is 4.98 Å². The molecule has 1 aromatic heterocycles. The monoisotopic (exact) mass is 690 g/mol. The van der Waals surface area contributed by atoms with Gasteiger partial charge in [-0.25, -0.2) is 4.98 Å². The average Bonchev–Trinajstić information content (AvgIpc) is 3.69. The van der Waals surface area contributed by atoms with Gasteiger partial charge in [-0.05, 0) is 104 Å². The van der Waals surface area contributed by atoms with Crippen molar-refractivity contribution < 1.29 is 4.42 Å². The zero-order valence-corrected chi connectivity index (χ0v) is 29.4. The molecule has 54 heavy (non-hydrogen) atoms. The third-order valence-corrected chi connectivity index (χ3v) is 10.3. The van der Waals surface area contributed by atoms with E-state index in [4.69, 9.17) is 9.40 Å². The normalized spacial score (nSPS) is 11.3. The number of hydrogen-bond donors (Lipinski definition) is 0. The van der Waals surface area contributed by atoms with E-state index in [-0.39, 0.29) is 0 Å². The molecular formula is C51H34N2O. The number of anilines is 3. The van der Waals surface area contributed by atoms with Crippen LogP contribution in [0.2, 0.25) is 0 Å². The lowest BCUT2D eigenvalue weighted by Gasteiger charge is -2.27. The Labute approximate surface area is 314 Å². The Hall–Kier alpha value is -7.23. The largest absolute Gasteiger partial charge is 0.435 e. The third kappa shape index (κ3) is 5.78. The second-order valence-electron chi connectivity index (χ2n) is 13.6. The second-order valence-corrected chi connectivity index (χ2v) is 13.6. The maximum Gasteiger partial charge on any atom is 0.227 e. The maximum absolute atomic E-state index is 6.52. The van der Waals surface area contributed by atoms with Crippen LogP contribution in [0.3, 0.4) is 0 Å². The molecule has 0 N–H and O–H groups in total. The molecule has 0 saturated heterocycles. The van der Waals surface area contributed by atoms with Crippen molar-refractivity contribution in [2.45, 2.75) is 0 Å². The minimum Gasteiger partial charge on any atom is -0.435 e. The molecule has 254 valence electrons. The number of para-hydroxylation sites is 1. The number of nitrogens with zero attached hydrogens (tertiary/aromatic N) is 2. The number of rotatable bonds is 7. The molecule has 0 atom stereocenters. The zero-order valence-electron chi connectivity index (χ0n) is 29.4. The molecule has 0 fully saturated rings. The van der Waals surface area contributed by atoms with E-state index in [0.717, 1.165) is 50.2 Å². The highest BCUT2D eigenvalue weighted by atomic mass is 16.3. The van der Waals surface area contributed by atoms with Gasteiger partial charge in [-0.1, -0.05) is 152 Å². The van der Waals surface area contributed by atoms with E-state index in [9.17, 15) is 0 Å². The molecule has 0 saturated carbocycles. The molecule has 0 bridgehead atoms. The minimum absolute atomic E-state index is 0.621. The summed E-state index contributed by atoms with van der Waals surface area (Å²) in [6.45, 7) is 0. The molecule has 10 aromatic rings. The Balaban J connectivity index is 1.07. The van der Waals surface area contributed by atoms with Crippen molar-refractivity contribution in [2.24, 2.45) is 0 Å². The van der Waals surface area contributed by atoms with E-state index in [0.29, 0.717) is 5.89 Å². The Morgan fingerprint density at radius 3 is 1.80 bits per heavy atom. The SMILES string of the molecule is c1ccc(-c2cccc(N(c3ccc(-c4cccc5nc(-c6ccc7ccccc7c6)oc45)cc3)c3cccc(-c4cccc5ccccc45)c3)c2)cc1. The fourth-order valence-electron chi connectivity index (χ4n) is 7.60. The zero-order chi connectivity index (χ0) is 35.8. The van der Waals surface area contributed by atoms with Gasteiger partial charge in [0.25, 0.3) is 0 Å². The predicted molar refractivity (Wildman–Crippen MR) is 225 cm³/mol. The van der Waals surface area contributed by atoms with Crippen molar-refractivity contribution in [3.63, 3.8) is 0 Å². The summed E-state index contributed by atoms with van der Waals surface area (Å²) in [5, 5.41) is 4.83. The third-order valence-electron chi connectivity index (χ3n) is 10.3. The quantitative estimate of drug-likeness (QED) is 0.167. The van der Waals surface area contributed by atoms with Crippen LogP contribution in [0.4, 0.5) is 17.1 Å². The van der Waals surface area contributed by atoms with Gasteiger partial charge < -0.3 is 9.32 Å². The summed E-state index contributed by atoms with van der Waals surface area (Å²) < 4.78 is 6.52. The molecule has 0 spiro atoms. The minimum atomic E-state index is 0.621. The Kier molecular flexibility index (Phi) is 7.81. The lowest BCUT2D eigenvalue weighted by molar-refractivity contribution is 0.621. The molecule has 9 aromatic carbocycles. The van der Waals surface area contributed by atoms with E-state index in [1.807, 2.05) is 6.07 Å². The molecule has 0 unspecified atom stereocenters. The summed E-state index contributed by atoms with van der Waals surface area (Å²) in [6.07, 6.45) is 0. The van der Waals surface area contributed by atoms with Crippen LogP contribution in [-0.2, 0) is 0 Å². The Bertz CT molecular complexity index is 2940. The van der Waals surface area contributed by atoms with E-state index >= 15 is 0 Å². The van der Waals surface area contributed by atoms with E-state index < -0.39 is 0 Å². The number of oxazole rings is 1. The molecule has 3 nitrogen and oxygen atoms in total. The Morgan fingerprint density at radius 2 is 0.963 bits per heavy atom. The van der Waals surface area contributed by atoms with Crippen molar-refractivity contribution in [3.05, 3.63) is 206 Å². The van der Waals surface area contributed by atoms with Crippen LogP contribution in [0.5, 0.6) is 0 Å². The van der Waals surface area contributed by atoms with Crippen LogP contribution in [0, 0.1) is 0 Å². The summed E-state index contributed by atoms with van der Waals surface area (Å²) in [7, 11) is 0. The first-order valence-electron chi connectivity index (χ1n) is 18.3. The number of benzene rings is 9. The van der Waals surface area contributed by atoms with Gasteiger partial charge in [-0.15, -0.1) is 0 Å². The molecular weight excluding hydrogens is 657 g/mol. The molecule has 0 radical (unpaired) electrons. The highest BCUT2D eigenvalue weighted by Crippen LogP contribution is 2.41. The van der Waals surface area contributed by atoms with E-state index in [2.05, 4.69) is 205 Å². The molecule has 0 aliphatic carbocycles. The average molecular weight is 691 g/mol. The van der Waals surface area contributed by atoms with Crippen LogP contribution >= 0.6 is 0 Å². The summed E-state index contributed by atoms with van der Waals surface area (Å²) in [5.41, 5.74) is 12.6. The standard InChI is InChI=1S/C51H34N2O/c1-2-12-35(13-3-1)40-18-8-20-44(33-40)53(45-21-9-19-41(34-45)47-23-10-17-37-15-6-7-22-46(37)47)43-30-28-38(29-31-43)48-24-11-25-49-50(48)54-51(52-49)42-27-26-36-14-4-5-16-39(36)32-42/h1-34H.